The maximum atomic E-state index is 12.0. The zero-order valence-electron chi connectivity index (χ0n) is 8.45. The lowest BCUT2D eigenvalue weighted by Crippen LogP contribution is -2.11. The third-order valence-corrected chi connectivity index (χ3v) is 2.38. The summed E-state index contributed by atoms with van der Waals surface area (Å²) < 4.78 is 36.0. The second-order valence-corrected chi connectivity index (χ2v) is 4.13. The normalized spacial score (nSPS) is 11.0. The Morgan fingerprint density at radius 2 is 1.88 bits per heavy atom. The molecule has 0 fully saturated rings. The molecular weight excluding hydrogens is 255 g/mol. The number of carbonyl (C=O) groups is 2. The summed E-state index contributed by atoms with van der Waals surface area (Å²) in [7, 11) is 0. The Hall–Kier alpha value is -1.50. The van der Waals surface area contributed by atoms with E-state index in [0.29, 0.717) is 12.0 Å². The van der Waals surface area contributed by atoms with Crippen LogP contribution in [-0.2, 0) is 9.59 Å². The van der Waals surface area contributed by atoms with Gasteiger partial charge in [-0.1, -0.05) is 0 Å². The number of hydrogen-bond acceptors (Lipinski definition) is 3. The van der Waals surface area contributed by atoms with Crippen LogP contribution in [0.4, 0.5) is 18.9 Å². The lowest BCUT2D eigenvalue weighted by molar-refractivity contribution is -0.120. The van der Waals surface area contributed by atoms with Gasteiger partial charge in [-0.25, -0.2) is 0 Å². The molecule has 0 radical (unpaired) electrons. The van der Waals surface area contributed by atoms with Crippen molar-refractivity contribution in [1.82, 2.24) is 0 Å². The Labute approximate surface area is 99.4 Å². The molecular formula is C10H8F3NO2S. The van der Waals surface area contributed by atoms with Crippen LogP contribution in [0.25, 0.3) is 0 Å². The molecule has 1 N–H and O–H groups in total. The molecule has 0 aliphatic rings. The van der Waals surface area contributed by atoms with E-state index in [2.05, 4.69) is 5.32 Å². The van der Waals surface area contributed by atoms with Gasteiger partial charge < -0.3 is 10.1 Å². The van der Waals surface area contributed by atoms with Crippen LogP contribution in [0.2, 0.25) is 0 Å². The fourth-order valence-electron chi connectivity index (χ4n) is 1.03. The predicted octanol–water partition coefficient (Wildman–Crippen LogP) is 2.83. The fourth-order valence-corrected chi connectivity index (χ4v) is 1.57. The molecule has 0 atom stereocenters. The van der Waals surface area contributed by atoms with Gasteiger partial charge in [-0.05, 0) is 36.0 Å². The van der Waals surface area contributed by atoms with Crippen LogP contribution in [0.5, 0.6) is 0 Å². The molecule has 1 aromatic rings. The van der Waals surface area contributed by atoms with Crippen molar-refractivity contribution in [1.29, 1.82) is 0 Å². The van der Waals surface area contributed by atoms with Gasteiger partial charge in [0.15, 0.2) is 0 Å². The highest BCUT2D eigenvalue weighted by Crippen LogP contribution is 2.36. The van der Waals surface area contributed by atoms with Crippen molar-refractivity contribution in [2.45, 2.75) is 16.8 Å². The van der Waals surface area contributed by atoms with Gasteiger partial charge in [0.1, 0.15) is 6.29 Å². The van der Waals surface area contributed by atoms with Gasteiger partial charge >= 0.3 is 5.51 Å². The van der Waals surface area contributed by atoms with E-state index in [4.69, 9.17) is 0 Å². The molecule has 92 valence electrons. The number of anilines is 1. The number of halogens is 3. The van der Waals surface area contributed by atoms with Crippen LogP contribution in [0.15, 0.2) is 29.2 Å². The first-order chi connectivity index (χ1) is 7.90. The van der Waals surface area contributed by atoms with E-state index in [1.807, 2.05) is 0 Å². The highest BCUT2D eigenvalue weighted by atomic mass is 32.2. The molecule has 0 aliphatic carbocycles. The smallest absolute Gasteiger partial charge is 0.326 e. The number of hydrogen-bond donors (Lipinski definition) is 1. The van der Waals surface area contributed by atoms with E-state index in [1.165, 1.54) is 24.3 Å². The molecule has 17 heavy (non-hydrogen) atoms. The first-order valence-electron chi connectivity index (χ1n) is 4.50. The molecule has 0 aromatic heterocycles. The molecule has 0 unspecified atom stereocenters. The molecule has 0 bridgehead atoms. The Bertz CT molecular complexity index is 403. The summed E-state index contributed by atoms with van der Waals surface area (Å²) in [5.41, 5.74) is -3.98. The van der Waals surface area contributed by atoms with Crippen LogP contribution in [0.1, 0.15) is 6.42 Å². The second kappa shape index (κ2) is 5.72. The van der Waals surface area contributed by atoms with Crippen LogP contribution < -0.4 is 5.32 Å². The molecule has 0 heterocycles. The van der Waals surface area contributed by atoms with Gasteiger partial charge in [-0.15, -0.1) is 0 Å². The number of benzene rings is 1. The van der Waals surface area contributed by atoms with Crippen molar-refractivity contribution in [2.75, 3.05) is 5.32 Å². The van der Waals surface area contributed by atoms with Crippen molar-refractivity contribution in [2.24, 2.45) is 0 Å². The molecule has 0 saturated carbocycles. The quantitative estimate of drug-likeness (QED) is 0.516. The van der Waals surface area contributed by atoms with Gasteiger partial charge in [0.25, 0.3) is 0 Å². The molecule has 0 aliphatic heterocycles. The van der Waals surface area contributed by atoms with Crippen molar-refractivity contribution in [3.8, 4) is 0 Å². The highest BCUT2D eigenvalue weighted by molar-refractivity contribution is 8.00. The first kappa shape index (κ1) is 13.6. The number of thioether (sulfide) groups is 1. The van der Waals surface area contributed by atoms with Crippen LogP contribution in [0, 0.1) is 0 Å². The standard InChI is InChI=1S/C10H8F3NO2S/c11-10(12,13)17-8-3-1-7(2-4-8)14-9(16)5-6-15/h1-4,6H,5H2,(H,14,16). The Balaban J connectivity index is 2.62. The monoisotopic (exact) mass is 263 g/mol. The van der Waals surface area contributed by atoms with E-state index < -0.39 is 11.4 Å². The summed E-state index contributed by atoms with van der Waals surface area (Å²) >= 11 is -0.230. The lowest BCUT2D eigenvalue weighted by Gasteiger charge is -2.07. The molecule has 1 aromatic carbocycles. The summed E-state index contributed by atoms with van der Waals surface area (Å²) in [6, 6.07) is 5.18. The Morgan fingerprint density at radius 3 is 2.35 bits per heavy atom. The Morgan fingerprint density at radius 1 is 1.29 bits per heavy atom. The number of alkyl halides is 3. The molecule has 1 amide bonds. The Kier molecular flexibility index (Phi) is 4.56. The van der Waals surface area contributed by atoms with E-state index in [9.17, 15) is 22.8 Å². The van der Waals surface area contributed by atoms with E-state index >= 15 is 0 Å². The molecule has 0 spiro atoms. The summed E-state index contributed by atoms with van der Waals surface area (Å²) in [6.07, 6.45) is 0.169. The predicted molar refractivity (Wildman–Crippen MR) is 57.7 cm³/mol. The number of carbonyl (C=O) groups excluding carboxylic acids is 2. The third kappa shape index (κ3) is 5.39. The molecule has 3 nitrogen and oxygen atoms in total. The summed E-state index contributed by atoms with van der Waals surface area (Å²) in [5, 5.41) is 2.37. The average molecular weight is 263 g/mol. The van der Waals surface area contributed by atoms with Crippen LogP contribution in [0.3, 0.4) is 0 Å². The van der Waals surface area contributed by atoms with Gasteiger partial charge in [-0.3, -0.25) is 4.79 Å². The topological polar surface area (TPSA) is 46.2 Å². The van der Waals surface area contributed by atoms with Gasteiger partial charge in [0, 0.05) is 10.6 Å². The summed E-state index contributed by atoms with van der Waals surface area (Å²) in [5.74, 6) is -0.503. The van der Waals surface area contributed by atoms with Gasteiger partial charge in [0.2, 0.25) is 5.91 Å². The zero-order valence-corrected chi connectivity index (χ0v) is 9.27. The molecule has 7 heteroatoms. The van der Waals surface area contributed by atoms with E-state index in [-0.39, 0.29) is 23.1 Å². The fraction of sp³-hybridized carbons (Fsp3) is 0.200. The summed E-state index contributed by atoms with van der Waals surface area (Å²) in [4.78, 5) is 21.1. The highest BCUT2D eigenvalue weighted by Gasteiger charge is 2.28. The number of rotatable bonds is 4. The second-order valence-electron chi connectivity index (χ2n) is 2.99. The number of aldehydes is 1. The van der Waals surface area contributed by atoms with E-state index in [0.717, 1.165) is 0 Å². The largest absolute Gasteiger partial charge is 0.446 e. The molecule has 0 saturated heterocycles. The lowest BCUT2D eigenvalue weighted by atomic mass is 10.3. The third-order valence-electron chi connectivity index (χ3n) is 1.64. The zero-order chi connectivity index (χ0) is 12.9. The summed E-state index contributed by atoms with van der Waals surface area (Å²) in [6.45, 7) is 0. The van der Waals surface area contributed by atoms with Crippen LogP contribution >= 0.6 is 11.8 Å². The minimum absolute atomic E-state index is 0.0332. The maximum Gasteiger partial charge on any atom is 0.446 e. The minimum atomic E-state index is -4.33. The van der Waals surface area contributed by atoms with Gasteiger partial charge in [0.05, 0.1) is 6.42 Å². The van der Waals surface area contributed by atoms with Crippen molar-refractivity contribution in [3.05, 3.63) is 24.3 Å². The SMILES string of the molecule is O=CCC(=O)Nc1ccc(SC(F)(F)F)cc1. The van der Waals surface area contributed by atoms with Crippen molar-refractivity contribution < 1.29 is 22.8 Å². The average Bonchev–Trinajstić information content (AvgIpc) is 2.19. The van der Waals surface area contributed by atoms with Crippen molar-refractivity contribution in [3.63, 3.8) is 0 Å². The molecule has 1 rings (SSSR count). The van der Waals surface area contributed by atoms with Crippen molar-refractivity contribution >= 4 is 29.6 Å². The number of amides is 1. The van der Waals surface area contributed by atoms with Crippen LogP contribution in [-0.4, -0.2) is 17.7 Å². The number of nitrogens with one attached hydrogen (secondary N) is 1. The maximum absolute atomic E-state index is 12.0. The van der Waals surface area contributed by atoms with Gasteiger partial charge in [-0.2, -0.15) is 13.2 Å². The first-order valence-corrected chi connectivity index (χ1v) is 5.31. The van der Waals surface area contributed by atoms with E-state index in [1.54, 1.807) is 0 Å². The minimum Gasteiger partial charge on any atom is -0.326 e.